The van der Waals surface area contributed by atoms with Crippen LogP contribution in [0.1, 0.15) is 51.1 Å². The number of thioether (sulfide) groups is 1. The number of pyridine rings is 1. The molecule has 0 saturated carbocycles. The third-order valence-electron chi connectivity index (χ3n) is 4.00. The van der Waals surface area contributed by atoms with Gasteiger partial charge in [-0.1, -0.05) is 6.92 Å². The second-order valence-electron chi connectivity index (χ2n) is 5.69. The molecule has 1 aliphatic heterocycles. The van der Waals surface area contributed by atoms with Crippen molar-refractivity contribution in [3.05, 3.63) is 24.0 Å². The number of aromatic nitrogens is 1. The Bertz CT molecular complexity index is 408. The van der Waals surface area contributed by atoms with Crippen molar-refractivity contribution >= 4 is 11.8 Å². The number of nitrogens with one attached hydrogen (secondary N) is 1. The molecule has 21 heavy (non-hydrogen) atoms. The minimum Gasteiger partial charge on any atom is -0.492 e. The summed E-state index contributed by atoms with van der Waals surface area (Å²) in [7, 11) is 0. The van der Waals surface area contributed by atoms with Gasteiger partial charge in [0.15, 0.2) is 0 Å². The fourth-order valence-corrected chi connectivity index (χ4v) is 4.05. The SMILES string of the molecule is CCCNC(CC1CCSCC1)c1cncc(OCC)c1. The highest BCUT2D eigenvalue weighted by atomic mass is 32.2. The summed E-state index contributed by atoms with van der Waals surface area (Å²) < 4.78 is 5.60. The van der Waals surface area contributed by atoms with Gasteiger partial charge in [-0.05, 0) is 68.2 Å². The summed E-state index contributed by atoms with van der Waals surface area (Å²) in [5.41, 5.74) is 1.27. The molecule has 1 atom stereocenters. The minimum atomic E-state index is 0.408. The third kappa shape index (κ3) is 5.51. The summed E-state index contributed by atoms with van der Waals surface area (Å²) in [6, 6.07) is 2.56. The topological polar surface area (TPSA) is 34.2 Å². The molecular weight excluding hydrogens is 280 g/mol. The predicted octanol–water partition coefficient (Wildman–Crippen LogP) is 4.05. The van der Waals surface area contributed by atoms with E-state index in [9.17, 15) is 0 Å². The zero-order valence-corrected chi connectivity index (χ0v) is 14.1. The summed E-state index contributed by atoms with van der Waals surface area (Å²) in [6.07, 6.45) is 8.89. The Hall–Kier alpha value is -0.740. The Labute approximate surface area is 133 Å². The van der Waals surface area contributed by atoms with Crippen LogP contribution in [0.3, 0.4) is 0 Å². The van der Waals surface area contributed by atoms with Crippen LogP contribution in [0.25, 0.3) is 0 Å². The molecule has 0 amide bonds. The molecule has 1 N–H and O–H groups in total. The maximum atomic E-state index is 5.60. The molecule has 0 aromatic carbocycles. The van der Waals surface area contributed by atoms with Crippen molar-refractivity contribution in [3.8, 4) is 5.75 Å². The number of ether oxygens (including phenoxy) is 1. The molecule has 1 fully saturated rings. The number of rotatable bonds is 8. The van der Waals surface area contributed by atoms with Gasteiger partial charge in [0, 0.05) is 12.2 Å². The molecule has 1 aliphatic rings. The fraction of sp³-hybridized carbons (Fsp3) is 0.706. The van der Waals surface area contributed by atoms with Crippen LogP contribution in [0.4, 0.5) is 0 Å². The van der Waals surface area contributed by atoms with Gasteiger partial charge in [0.2, 0.25) is 0 Å². The van der Waals surface area contributed by atoms with Crippen molar-refractivity contribution in [2.45, 2.75) is 45.6 Å². The zero-order chi connectivity index (χ0) is 14.9. The highest BCUT2D eigenvalue weighted by Crippen LogP contribution is 2.31. The van der Waals surface area contributed by atoms with E-state index < -0.39 is 0 Å². The van der Waals surface area contributed by atoms with Crippen LogP contribution in [0.15, 0.2) is 18.5 Å². The molecule has 3 nitrogen and oxygen atoms in total. The lowest BCUT2D eigenvalue weighted by molar-refractivity contribution is 0.335. The van der Waals surface area contributed by atoms with E-state index in [0.29, 0.717) is 12.6 Å². The molecule has 1 saturated heterocycles. The zero-order valence-electron chi connectivity index (χ0n) is 13.3. The molecule has 2 heterocycles. The molecule has 1 unspecified atom stereocenters. The van der Waals surface area contributed by atoms with Crippen LogP contribution >= 0.6 is 11.8 Å². The molecular formula is C17H28N2OS. The normalized spacial score (nSPS) is 17.6. The Morgan fingerprint density at radius 3 is 2.86 bits per heavy atom. The molecule has 118 valence electrons. The average Bonchev–Trinajstić information content (AvgIpc) is 2.53. The maximum Gasteiger partial charge on any atom is 0.137 e. The van der Waals surface area contributed by atoms with E-state index in [2.05, 4.69) is 35.1 Å². The summed E-state index contributed by atoms with van der Waals surface area (Å²) >= 11 is 2.10. The van der Waals surface area contributed by atoms with E-state index in [0.717, 1.165) is 24.6 Å². The number of hydrogen-bond donors (Lipinski definition) is 1. The van der Waals surface area contributed by atoms with Gasteiger partial charge < -0.3 is 10.1 Å². The Morgan fingerprint density at radius 2 is 2.14 bits per heavy atom. The Kier molecular flexibility index (Phi) is 7.37. The van der Waals surface area contributed by atoms with Gasteiger partial charge in [0.1, 0.15) is 5.75 Å². The summed E-state index contributed by atoms with van der Waals surface area (Å²) in [6.45, 7) is 5.98. The van der Waals surface area contributed by atoms with E-state index in [-0.39, 0.29) is 0 Å². The van der Waals surface area contributed by atoms with E-state index in [1.807, 2.05) is 13.1 Å². The van der Waals surface area contributed by atoms with E-state index in [1.165, 1.54) is 36.3 Å². The average molecular weight is 308 g/mol. The van der Waals surface area contributed by atoms with Gasteiger partial charge in [-0.3, -0.25) is 4.98 Å². The standard InChI is InChI=1S/C17H28N2OS/c1-3-7-19-17(10-14-5-8-21-9-6-14)15-11-16(20-4-2)13-18-12-15/h11-14,17,19H,3-10H2,1-2H3. The van der Waals surface area contributed by atoms with Crippen LogP contribution in [0.2, 0.25) is 0 Å². The second kappa shape index (κ2) is 9.31. The minimum absolute atomic E-state index is 0.408. The molecule has 0 bridgehead atoms. The van der Waals surface area contributed by atoms with Gasteiger partial charge in [0.05, 0.1) is 12.8 Å². The van der Waals surface area contributed by atoms with Gasteiger partial charge in [-0.15, -0.1) is 0 Å². The van der Waals surface area contributed by atoms with Gasteiger partial charge in [-0.25, -0.2) is 0 Å². The summed E-state index contributed by atoms with van der Waals surface area (Å²) in [4.78, 5) is 4.36. The van der Waals surface area contributed by atoms with Crippen LogP contribution < -0.4 is 10.1 Å². The first-order valence-corrected chi connectivity index (χ1v) is 9.37. The molecule has 4 heteroatoms. The van der Waals surface area contributed by atoms with Crippen molar-refractivity contribution in [1.29, 1.82) is 0 Å². The Morgan fingerprint density at radius 1 is 1.33 bits per heavy atom. The van der Waals surface area contributed by atoms with Crippen molar-refractivity contribution in [3.63, 3.8) is 0 Å². The lowest BCUT2D eigenvalue weighted by atomic mass is 9.91. The quantitative estimate of drug-likeness (QED) is 0.785. The van der Waals surface area contributed by atoms with Crippen molar-refractivity contribution in [2.75, 3.05) is 24.7 Å². The number of hydrogen-bond acceptors (Lipinski definition) is 4. The van der Waals surface area contributed by atoms with Gasteiger partial charge >= 0.3 is 0 Å². The van der Waals surface area contributed by atoms with Gasteiger partial charge in [0.25, 0.3) is 0 Å². The number of nitrogens with zero attached hydrogens (tertiary/aromatic N) is 1. The summed E-state index contributed by atoms with van der Waals surface area (Å²) in [5, 5.41) is 3.70. The van der Waals surface area contributed by atoms with Crippen LogP contribution in [-0.2, 0) is 0 Å². The lowest BCUT2D eigenvalue weighted by Gasteiger charge is -2.27. The van der Waals surface area contributed by atoms with Crippen molar-refractivity contribution in [1.82, 2.24) is 10.3 Å². The monoisotopic (exact) mass is 308 g/mol. The first kappa shape index (κ1) is 16.6. The first-order chi connectivity index (χ1) is 10.3. The Balaban J connectivity index is 2.04. The molecule has 2 rings (SSSR count). The molecule has 0 radical (unpaired) electrons. The first-order valence-electron chi connectivity index (χ1n) is 8.22. The molecule has 0 spiro atoms. The smallest absolute Gasteiger partial charge is 0.137 e. The lowest BCUT2D eigenvalue weighted by Crippen LogP contribution is -2.26. The maximum absolute atomic E-state index is 5.60. The largest absolute Gasteiger partial charge is 0.492 e. The highest BCUT2D eigenvalue weighted by Gasteiger charge is 2.20. The van der Waals surface area contributed by atoms with E-state index in [4.69, 9.17) is 4.74 Å². The summed E-state index contributed by atoms with van der Waals surface area (Å²) in [5.74, 6) is 4.37. The van der Waals surface area contributed by atoms with Crippen LogP contribution in [-0.4, -0.2) is 29.6 Å². The van der Waals surface area contributed by atoms with Crippen molar-refractivity contribution in [2.24, 2.45) is 5.92 Å². The highest BCUT2D eigenvalue weighted by molar-refractivity contribution is 7.99. The second-order valence-corrected chi connectivity index (χ2v) is 6.91. The molecule has 0 aliphatic carbocycles. The van der Waals surface area contributed by atoms with Crippen molar-refractivity contribution < 1.29 is 4.74 Å². The molecule has 1 aromatic heterocycles. The fourth-order valence-electron chi connectivity index (χ4n) is 2.84. The van der Waals surface area contributed by atoms with E-state index >= 15 is 0 Å². The predicted molar refractivity (Wildman–Crippen MR) is 91.1 cm³/mol. The van der Waals surface area contributed by atoms with Crippen LogP contribution in [0.5, 0.6) is 5.75 Å². The van der Waals surface area contributed by atoms with Crippen LogP contribution in [0, 0.1) is 5.92 Å². The van der Waals surface area contributed by atoms with E-state index in [1.54, 1.807) is 6.20 Å². The third-order valence-corrected chi connectivity index (χ3v) is 5.05. The van der Waals surface area contributed by atoms with Gasteiger partial charge in [-0.2, -0.15) is 11.8 Å². The molecule has 1 aromatic rings.